The molecule has 0 bridgehead atoms. The van der Waals surface area contributed by atoms with Crippen LogP contribution >= 0.6 is 0 Å². The second-order valence-corrected chi connectivity index (χ2v) is 35.6. The molecule has 0 aromatic carbocycles. The van der Waals surface area contributed by atoms with Gasteiger partial charge >= 0.3 is 0 Å². The molecule has 3 aliphatic heterocycles. The van der Waals surface area contributed by atoms with Crippen LogP contribution in [0.4, 0.5) is 0 Å². The number of Topliss-reactive ketones (excluding diaryl/α,β-unsaturated/α-hetero) is 6. The van der Waals surface area contributed by atoms with E-state index in [1.807, 2.05) is 152 Å². The van der Waals surface area contributed by atoms with Gasteiger partial charge in [0.25, 0.3) is 0 Å². The predicted octanol–water partition coefficient (Wildman–Crippen LogP) is 12.8. The maximum atomic E-state index is 12.5. The van der Waals surface area contributed by atoms with E-state index in [1.165, 1.54) is 19.3 Å². The number of carbonyl (C=O) groups is 6. The van der Waals surface area contributed by atoms with E-state index in [9.17, 15) is 33.9 Å². The Balaban J connectivity index is 0. The molecular formula is C73H142N8O8. The Kier molecular flexibility index (Phi) is 35.6. The number of aromatic nitrogens is 2. The first kappa shape index (κ1) is 88.0. The van der Waals surface area contributed by atoms with E-state index in [0.29, 0.717) is 29.8 Å². The van der Waals surface area contributed by atoms with Gasteiger partial charge in [-0.05, 0) is 149 Å². The summed E-state index contributed by atoms with van der Waals surface area (Å²) in [7, 11) is 0. The summed E-state index contributed by atoms with van der Waals surface area (Å²) in [5.74, 6) is 1.72. The maximum Gasteiger partial charge on any atom is 0.157 e. The number of ketones is 6. The van der Waals surface area contributed by atoms with Gasteiger partial charge in [-0.1, -0.05) is 138 Å². The lowest BCUT2D eigenvalue weighted by Crippen LogP contribution is -2.62. The van der Waals surface area contributed by atoms with Gasteiger partial charge in [-0.15, -0.1) is 0 Å². The zero-order valence-corrected chi connectivity index (χ0v) is 63.8. The Morgan fingerprint density at radius 3 is 1.28 bits per heavy atom. The number of aliphatic hydroxyl groups is 2. The van der Waals surface area contributed by atoms with Crippen LogP contribution in [0.3, 0.4) is 0 Å². The van der Waals surface area contributed by atoms with Gasteiger partial charge in [-0.25, -0.2) is 4.98 Å². The standard InChI is InChI=1S/C14H25N3O.C13H25NO.C12H25NO2.2C12H23NO.C10H21NO2/c1-13(2,3)12(18)11(17-14(4,5)6)7-10-8-15-9-16-10;1-10(2)14-9-7-6-8-11(14)12(15)13(3,4)5;1-8(14)9(13-12(5,6)7)10(15)11(2,3)4;1-11(2,3)10(14)9-7-8-13(9)12(4,5)6;1-9(2)11(14)10-7-6-8-13(10)12(3,4)5;1-7(2)11-8(6-12)9(13)10(3,4)5/h8-9,11,17H,7H2,1-6H3,(H,15,16);10-11H,6-9H2,1-5H3;8-9,13-14H,1-7H3;9H,7-8H2,1-6H3;9-10H,6-8H2,1-5H3;7-8,11-12H,6H2,1-5H3. The number of likely N-dealkylation sites (tertiary alicyclic amines) is 3. The Bertz CT molecular complexity index is 2240. The Hall–Kier alpha value is -3.09. The molecule has 16 heteroatoms. The van der Waals surface area contributed by atoms with E-state index in [0.717, 1.165) is 44.6 Å². The van der Waals surface area contributed by atoms with Crippen LogP contribution in [-0.4, -0.2) is 172 Å². The first-order valence-electron chi connectivity index (χ1n) is 33.8. The molecule has 0 radical (unpaired) electrons. The van der Waals surface area contributed by atoms with Gasteiger partial charge in [0.1, 0.15) is 0 Å². The highest BCUT2D eigenvalue weighted by atomic mass is 16.3. The van der Waals surface area contributed by atoms with Gasteiger partial charge in [0.15, 0.2) is 34.7 Å². The van der Waals surface area contributed by atoms with Gasteiger partial charge in [-0.2, -0.15) is 0 Å². The molecule has 3 aliphatic rings. The van der Waals surface area contributed by atoms with Crippen molar-refractivity contribution < 1.29 is 39.0 Å². The van der Waals surface area contributed by atoms with E-state index in [4.69, 9.17) is 5.11 Å². The van der Waals surface area contributed by atoms with Crippen molar-refractivity contribution in [2.75, 3.05) is 26.2 Å². The van der Waals surface area contributed by atoms with Crippen molar-refractivity contribution in [3.8, 4) is 0 Å². The van der Waals surface area contributed by atoms with Crippen LogP contribution in [0.5, 0.6) is 0 Å². The normalized spacial score (nSPS) is 19.9. The molecule has 6 N–H and O–H groups in total. The topological polar surface area (TPSA) is 217 Å². The van der Waals surface area contributed by atoms with E-state index in [-0.39, 0.29) is 98.5 Å². The number of piperidine rings is 1. The van der Waals surface area contributed by atoms with Crippen LogP contribution in [0.15, 0.2) is 12.5 Å². The van der Waals surface area contributed by atoms with Crippen molar-refractivity contribution >= 4 is 34.7 Å². The van der Waals surface area contributed by atoms with Crippen LogP contribution in [0.25, 0.3) is 0 Å². The Labute approximate surface area is 546 Å². The molecule has 3 saturated heterocycles. The molecule has 0 spiro atoms. The lowest BCUT2D eigenvalue weighted by molar-refractivity contribution is -0.140. The van der Waals surface area contributed by atoms with Crippen LogP contribution in [0.2, 0.25) is 0 Å². The van der Waals surface area contributed by atoms with Gasteiger partial charge in [0.2, 0.25) is 0 Å². The van der Waals surface area contributed by atoms with E-state index in [1.54, 1.807) is 19.4 Å². The molecule has 89 heavy (non-hydrogen) atoms. The second kappa shape index (κ2) is 36.0. The zero-order valence-electron chi connectivity index (χ0n) is 63.8. The van der Waals surface area contributed by atoms with Crippen molar-refractivity contribution in [2.24, 2.45) is 33.0 Å². The fourth-order valence-corrected chi connectivity index (χ4v) is 10.9. The number of hydrogen-bond acceptors (Lipinski definition) is 15. The summed E-state index contributed by atoms with van der Waals surface area (Å²) >= 11 is 0. The van der Waals surface area contributed by atoms with Crippen molar-refractivity contribution in [1.29, 1.82) is 0 Å². The number of carbonyl (C=O) groups excluding carboxylic acids is 6. The highest BCUT2D eigenvalue weighted by Gasteiger charge is 2.44. The van der Waals surface area contributed by atoms with Gasteiger partial charge < -0.3 is 31.1 Å². The first-order valence-corrected chi connectivity index (χ1v) is 33.8. The highest BCUT2D eigenvalue weighted by Crippen LogP contribution is 2.34. The summed E-state index contributed by atoms with van der Waals surface area (Å²) in [6.07, 6.45) is 10.1. The maximum absolute atomic E-state index is 12.5. The van der Waals surface area contributed by atoms with Crippen molar-refractivity contribution in [2.45, 2.75) is 357 Å². The average Bonchev–Trinajstić information content (AvgIpc) is 1.37. The van der Waals surface area contributed by atoms with Crippen LogP contribution in [-0.2, 0) is 35.2 Å². The SMILES string of the molecule is CC(C)(C)C(=O)C1CCN1C(C)(C)C.CC(C)(C)NC(Cc1cnc[nH]1)C(=O)C(C)(C)C.CC(C)C(=O)C1CCCN1C(C)(C)C.CC(C)N1CCCCC1C(=O)C(C)(C)C.CC(C)NC(CO)C(=O)C(C)(C)C.CC(O)C(NC(C)(C)C)C(=O)C(C)(C)C. The number of aliphatic hydroxyl groups excluding tert-OH is 2. The van der Waals surface area contributed by atoms with E-state index in [2.05, 4.69) is 117 Å². The summed E-state index contributed by atoms with van der Waals surface area (Å²) in [6.45, 7) is 71.5. The summed E-state index contributed by atoms with van der Waals surface area (Å²) in [6, 6.07) is 0.0873. The molecule has 1 aromatic heterocycles. The third-order valence-electron chi connectivity index (χ3n) is 15.7. The first-order chi connectivity index (χ1) is 39.6. The molecule has 522 valence electrons. The third-order valence-corrected chi connectivity index (χ3v) is 15.7. The van der Waals surface area contributed by atoms with Crippen LogP contribution < -0.4 is 16.0 Å². The predicted molar refractivity (Wildman–Crippen MR) is 372 cm³/mol. The fraction of sp³-hybridized carbons (Fsp3) is 0.877. The minimum absolute atomic E-state index is 0.0485. The molecule has 0 amide bonds. The molecule has 3 fully saturated rings. The number of nitrogens with zero attached hydrogens (tertiary/aromatic N) is 4. The fourth-order valence-electron chi connectivity index (χ4n) is 10.9. The zero-order chi connectivity index (χ0) is 70.8. The molecule has 7 atom stereocenters. The monoisotopic (exact) mass is 1260 g/mol. The average molecular weight is 1260 g/mol. The van der Waals surface area contributed by atoms with E-state index >= 15 is 0 Å². The number of nitrogens with one attached hydrogen (secondary N) is 4. The molecule has 7 unspecified atom stereocenters. The molecule has 4 rings (SSSR count). The summed E-state index contributed by atoms with van der Waals surface area (Å²) in [5.41, 5.74) is -0.597. The van der Waals surface area contributed by atoms with Gasteiger partial charge in [0, 0.05) is 92.1 Å². The molecule has 1 aromatic rings. The summed E-state index contributed by atoms with van der Waals surface area (Å²) < 4.78 is 0. The van der Waals surface area contributed by atoms with Gasteiger partial charge in [-0.3, -0.25) is 43.5 Å². The van der Waals surface area contributed by atoms with Crippen LogP contribution in [0, 0.1) is 33.0 Å². The van der Waals surface area contributed by atoms with Crippen molar-refractivity contribution in [3.05, 3.63) is 18.2 Å². The number of aromatic amines is 1. The molecule has 16 nitrogen and oxygen atoms in total. The largest absolute Gasteiger partial charge is 0.394 e. The molecule has 0 aliphatic carbocycles. The summed E-state index contributed by atoms with van der Waals surface area (Å²) in [4.78, 5) is 86.6. The molecule has 0 saturated carbocycles. The number of imidazole rings is 1. The minimum Gasteiger partial charge on any atom is -0.394 e. The van der Waals surface area contributed by atoms with E-state index < -0.39 is 29.0 Å². The van der Waals surface area contributed by atoms with Gasteiger partial charge in [0.05, 0.1) is 55.3 Å². The van der Waals surface area contributed by atoms with Crippen LogP contribution in [0.1, 0.15) is 280 Å². The van der Waals surface area contributed by atoms with Crippen molar-refractivity contribution in [3.63, 3.8) is 0 Å². The quantitative estimate of drug-likeness (QED) is 0.0907. The smallest absolute Gasteiger partial charge is 0.157 e. The highest BCUT2D eigenvalue weighted by molar-refractivity contribution is 5.91. The summed E-state index contributed by atoms with van der Waals surface area (Å²) in [5, 5.41) is 28.3. The lowest BCUT2D eigenvalue weighted by Gasteiger charge is -2.50. The molecular weight excluding hydrogens is 1120 g/mol. The second-order valence-electron chi connectivity index (χ2n) is 35.6. The molecule has 4 heterocycles. The Morgan fingerprint density at radius 1 is 0.528 bits per heavy atom. The number of rotatable bonds is 16. The Morgan fingerprint density at radius 2 is 0.955 bits per heavy atom. The van der Waals surface area contributed by atoms with Crippen molar-refractivity contribution in [1.82, 2.24) is 40.6 Å². The third kappa shape index (κ3) is 33.5. The number of H-pyrrole nitrogens is 1. The lowest BCUT2D eigenvalue weighted by atomic mass is 9.79. The minimum atomic E-state index is -0.670. The number of hydrogen-bond donors (Lipinski definition) is 6.